The number of benzene rings is 2. The number of phenolic OH excluding ortho intramolecular Hbond substituents is 1. The summed E-state index contributed by atoms with van der Waals surface area (Å²) in [5.41, 5.74) is 9.38. The molecule has 0 radical (unpaired) electrons. The number of aromatic hydroxyl groups is 1. The number of ether oxygens (including phenoxy) is 2. The molecule has 0 aliphatic rings. The Bertz CT molecular complexity index is 1240. The van der Waals surface area contributed by atoms with Crippen LogP contribution in [0, 0.1) is 0 Å². The molecule has 150 valence electrons. The van der Waals surface area contributed by atoms with Crippen molar-refractivity contribution in [2.75, 3.05) is 14.2 Å². The number of fused-ring (bicyclic) bond motifs is 1. The molecule has 0 bridgehead atoms. The Balaban J connectivity index is 1.71. The van der Waals surface area contributed by atoms with Crippen molar-refractivity contribution in [1.82, 2.24) is 15.0 Å². The minimum Gasteiger partial charge on any atom is -0.508 e. The fourth-order valence-electron chi connectivity index (χ4n) is 2.92. The third-order valence-electron chi connectivity index (χ3n) is 4.47. The summed E-state index contributed by atoms with van der Waals surface area (Å²) in [6.45, 7) is 0. The fraction of sp³-hybridized carbons (Fsp3) is 0.0909. The quantitative estimate of drug-likeness (QED) is 0.389. The first-order valence-electron chi connectivity index (χ1n) is 9.07. The Labute approximate surface area is 172 Å². The molecule has 0 saturated carbocycles. The average Bonchev–Trinajstić information content (AvgIpc) is 2.78. The van der Waals surface area contributed by atoms with Crippen LogP contribution in [0.3, 0.4) is 0 Å². The van der Waals surface area contributed by atoms with Crippen molar-refractivity contribution in [3.63, 3.8) is 0 Å². The maximum Gasteiger partial charge on any atom is 0.180 e. The van der Waals surface area contributed by atoms with E-state index in [1.54, 1.807) is 38.5 Å². The lowest BCUT2D eigenvalue weighted by molar-refractivity contribution is 0.355. The molecule has 2 aromatic heterocycles. The predicted molar refractivity (Wildman–Crippen MR) is 114 cm³/mol. The molecule has 0 spiro atoms. The van der Waals surface area contributed by atoms with E-state index >= 15 is 0 Å². The molecule has 30 heavy (non-hydrogen) atoms. The molecule has 2 heterocycles. The molecule has 0 aliphatic carbocycles. The van der Waals surface area contributed by atoms with Crippen LogP contribution in [0.2, 0.25) is 0 Å². The number of hydrogen-bond donors (Lipinski definition) is 2. The van der Waals surface area contributed by atoms with Gasteiger partial charge in [0.1, 0.15) is 17.1 Å². The number of amidine groups is 1. The zero-order valence-electron chi connectivity index (χ0n) is 16.4. The van der Waals surface area contributed by atoms with Gasteiger partial charge in [-0.3, -0.25) is 0 Å². The van der Waals surface area contributed by atoms with Gasteiger partial charge in [-0.2, -0.15) is 0 Å². The Kier molecular flexibility index (Phi) is 5.13. The SMILES string of the molecule is COc1ccc(-c2ccc3ncc(/N=C(\N)c4ccc(O)cc4)nc3n2)cc1OC. The minimum atomic E-state index is 0.156. The number of pyridine rings is 1. The van der Waals surface area contributed by atoms with Gasteiger partial charge < -0.3 is 20.3 Å². The van der Waals surface area contributed by atoms with Crippen molar-refractivity contribution < 1.29 is 14.6 Å². The summed E-state index contributed by atoms with van der Waals surface area (Å²) in [6.07, 6.45) is 1.54. The first-order valence-corrected chi connectivity index (χ1v) is 9.07. The first kappa shape index (κ1) is 19.1. The standard InChI is InChI=1S/C22H19N5O3/c1-29-18-10-5-14(11-19(18)30-2)16-8-9-17-22(25-16)27-20(12-24-17)26-21(23)13-3-6-15(28)7-4-13/h3-12,28H,1-2H3,(H2,23,25,26,27). The van der Waals surface area contributed by atoms with E-state index in [-0.39, 0.29) is 11.6 Å². The van der Waals surface area contributed by atoms with Crippen LogP contribution in [0.25, 0.3) is 22.4 Å². The number of methoxy groups -OCH3 is 2. The molecule has 4 aromatic rings. The summed E-state index contributed by atoms with van der Waals surface area (Å²) in [6, 6.07) is 15.7. The van der Waals surface area contributed by atoms with Gasteiger partial charge >= 0.3 is 0 Å². The molecule has 0 unspecified atom stereocenters. The van der Waals surface area contributed by atoms with E-state index in [1.807, 2.05) is 30.3 Å². The first-order chi connectivity index (χ1) is 14.6. The molecule has 0 saturated heterocycles. The van der Waals surface area contributed by atoms with E-state index in [0.29, 0.717) is 39.7 Å². The summed E-state index contributed by atoms with van der Waals surface area (Å²) in [5, 5.41) is 9.40. The van der Waals surface area contributed by atoms with Crippen LogP contribution in [0.1, 0.15) is 5.56 Å². The second-order valence-electron chi connectivity index (χ2n) is 6.38. The minimum absolute atomic E-state index is 0.156. The smallest absolute Gasteiger partial charge is 0.180 e. The summed E-state index contributed by atoms with van der Waals surface area (Å²) in [7, 11) is 3.18. The number of nitrogens with zero attached hydrogens (tertiary/aromatic N) is 4. The lowest BCUT2D eigenvalue weighted by Crippen LogP contribution is -2.12. The number of aliphatic imine (C=N–C) groups is 1. The molecular formula is C22H19N5O3. The topological polar surface area (TPSA) is 116 Å². The molecule has 0 amide bonds. The van der Waals surface area contributed by atoms with Gasteiger partial charge in [-0.1, -0.05) is 0 Å². The van der Waals surface area contributed by atoms with Gasteiger partial charge in [-0.25, -0.2) is 19.9 Å². The van der Waals surface area contributed by atoms with Gasteiger partial charge in [0.15, 0.2) is 23.0 Å². The lowest BCUT2D eigenvalue weighted by Gasteiger charge is -2.09. The van der Waals surface area contributed by atoms with E-state index in [0.717, 1.165) is 5.56 Å². The second-order valence-corrected chi connectivity index (χ2v) is 6.38. The summed E-state index contributed by atoms with van der Waals surface area (Å²) < 4.78 is 10.7. The number of nitrogens with two attached hydrogens (primary N) is 1. The maximum absolute atomic E-state index is 9.40. The molecular weight excluding hydrogens is 382 g/mol. The summed E-state index contributed by atoms with van der Waals surface area (Å²) >= 11 is 0. The molecule has 4 rings (SSSR count). The summed E-state index contributed by atoms with van der Waals surface area (Å²) in [4.78, 5) is 17.8. The molecule has 8 nitrogen and oxygen atoms in total. The van der Waals surface area contributed by atoms with Crippen molar-refractivity contribution in [2.24, 2.45) is 10.7 Å². The Morgan fingerprint density at radius 1 is 0.933 bits per heavy atom. The number of aromatic nitrogens is 3. The van der Waals surface area contributed by atoms with E-state index in [4.69, 9.17) is 15.2 Å². The highest BCUT2D eigenvalue weighted by Gasteiger charge is 2.09. The molecule has 0 atom stereocenters. The van der Waals surface area contributed by atoms with Crippen molar-refractivity contribution in [3.8, 4) is 28.5 Å². The molecule has 0 aliphatic heterocycles. The monoisotopic (exact) mass is 401 g/mol. The van der Waals surface area contributed by atoms with E-state index in [1.165, 1.54) is 6.20 Å². The lowest BCUT2D eigenvalue weighted by atomic mass is 10.1. The highest BCUT2D eigenvalue weighted by Crippen LogP contribution is 2.32. The predicted octanol–water partition coefficient (Wildman–Crippen LogP) is 3.45. The normalized spacial score (nSPS) is 11.5. The molecule has 8 heteroatoms. The fourth-order valence-corrected chi connectivity index (χ4v) is 2.92. The molecule has 0 fully saturated rings. The van der Waals surface area contributed by atoms with Crippen LogP contribution >= 0.6 is 0 Å². The number of rotatable bonds is 5. The van der Waals surface area contributed by atoms with Crippen LogP contribution in [0.4, 0.5) is 5.82 Å². The molecule has 3 N–H and O–H groups in total. The van der Waals surface area contributed by atoms with Crippen LogP contribution in [0.5, 0.6) is 17.2 Å². The third-order valence-corrected chi connectivity index (χ3v) is 4.47. The number of phenols is 1. The van der Waals surface area contributed by atoms with E-state index in [9.17, 15) is 5.11 Å². The van der Waals surface area contributed by atoms with Gasteiger partial charge in [0.05, 0.1) is 26.1 Å². The summed E-state index contributed by atoms with van der Waals surface area (Å²) in [5.74, 6) is 2.01. The van der Waals surface area contributed by atoms with Gasteiger partial charge in [-0.15, -0.1) is 0 Å². The second kappa shape index (κ2) is 8.04. The largest absolute Gasteiger partial charge is 0.508 e. The Hall–Kier alpha value is -4.20. The number of hydrogen-bond acceptors (Lipinski definition) is 7. The van der Waals surface area contributed by atoms with Gasteiger partial charge in [-0.05, 0) is 54.6 Å². The van der Waals surface area contributed by atoms with Crippen molar-refractivity contribution >= 4 is 22.8 Å². The van der Waals surface area contributed by atoms with Gasteiger partial charge in [0.25, 0.3) is 0 Å². The van der Waals surface area contributed by atoms with Crippen molar-refractivity contribution in [1.29, 1.82) is 0 Å². The van der Waals surface area contributed by atoms with Crippen LogP contribution in [-0.4, -0.2) is 40.1 Å². The van der Waals surface area contributed by atoms with E-state index < -0.39 is 0 Å². The highest BCUT2D eigenvalue weighted by molar-refractivity contribution is 5.99. The Morgan fingerprint density at radius 2 is 1.70 bits per heavy atom. The zero-order chi connectivity index (χ0) is 21.1. The van der Waals surface area contributed by atoms with Gasteiger partial charge in [0, 0.05) is 11.1 Å². The third kappa shape index (κ3) is 3.83. The van der Waals surface area contributed by atoms with Crippen LogP contribution in [0.15, 0.2) is 65.8 Å². The van der Waals surface area contributed by atoms with Crippen LogP contribution in [-0.2, 0) is 0 Å². The maximum atomic E-state index is 9.40. The highest BCUT2D eigenvalue weighted by atomic mass is 16.5. The Morgan fingerprint density at radius 3 is 2.43 bits per heavy atom. The molecule has 2 aromatic carbocycles. The van der Waals surface area contributed by atoms with Gasteiger partial charge in [0.2, 0.25) is 0 Å². The van der Waals surface area contributed by atoms with Crippen molar-refractivity contribution in [2.45, 2.75) is 0 Å². The van der Waals surface area contributed by atoms with Crippen molar-refractivity contribution in [3.05, 3.63) is 66.4 Å². The average molecular weight is 401 g/mol. The zero-order valence-corrected chi connectivity index (χ0v) is 16.4. The van der Waals surface area contributed by atoms with E-state index in [2.05, 4.69) is 19.9 Å². The van der Waals surface area contributed by atoms with Crippen LogP contribution < -0.4 is 15.2 Å².